The van der Waals surface area contributed by atoms with Gasteiger partial charge in [-0.25, -0.2) is 31.3 Å². The lowest BCUT2D eigenvalue weighted by Gasteiger charge is -2.08. The van der Waals surface area contributed by atoms with Gasteiger partial charge in [-0.2, -0.15) is 0 Å². The van der Waals surface area contributed by atoms with Crippen LogP contribution in [0.4, 0.5) is 5.82 Å². The van der Waals surface area contributed by atoms with E-state index in [1.165, 1.54) is 17.9 Å². The lowest BCUT2D eigenvalue weighted by Crippen LogP contribution is -2.30. The standard InChI is InChI=1S/C8H17N5O4S2/c1-13-6-10-7(9)8(13)19(16,17)12-5-3-4-11-18(2,14)15/h6,11-12H,3-5,9H2,1-2H3. The Kier molecular flexibility index (Phi) is 4.90. The fourth-order valence-electron chi connectivity index (χ4n) is 1.39. The molecule has 0 radical (unpaired) electrons. The van der Waals surface area contributed by atoms with Gasteiger partial charge in [-0.15, -0.1) is 0 Å². The topological polar surface area (TPSA) is 136 Å². The van der Waals surface area contributed by atoms with Crippen molar-refractivity contribution in [3.8, 4) is 0 Å². The summed E-state index contributed by atoms with van der Waals surface area (Å²) in [5.41, 5.74) is 5.47. The molecule has 0 saturated heterocycles. The SMILES string of the molecule is Cn1cnc(N)c1S(=O)(=O)NCCCNS(C)(=O)=O. The molecule has 1 heterocycles. The molecule has 0 fully saturated rings. The first-order valence-electron chi connectivity index (χ1n) is 5.34. The van der Waals surface area contributed by atoms with Crippen molar-refractivity contribution >= 4 is 25.9 Å². The smallest absolute Gasteiger partial charge is 0.260 e. The molecule has 0 aliphatic heterocycles. The molecule has 0 atom stereocenters. The number of anilines is 1. The number of nitrogen functional groups attached to an aromatic ring is 1. The van der Waals surface area contributed by atoms with E-state index in [-0.39, 0.29) is 23.9 Å². The molecule has 1 aromatic rings. The summed E-state index contributed by atoms with van der Waals surface area (Å²) in [6, 6.07) is 0. The lowest BCUT2D eigenvalue weighted by atomic mass is 10.4. The number of hydrogen-bond acceptors (Lipinski definition) is 6. The highest BCUT2D eigenvalue weighted by Crippen LogP contribution is 2.14. The number of rotatable bonds is 7. The molecule has 0 aliphatic carbocycles. The Balaban J connectivity index is 2.54. The Labute approximate surface area is 112 Å². The highest BCUT2D eigenvalue weighted by atomic mass is 32.2. The number of hydrogen-bond donors (Lipinski definition) is 3. The maximum absolute atomic E-state index is 11.9. The first-order chi connectivity index (χ1) is 8.63. The lowest BCUT2D eigenvalue weighted by molar-refractivity contribution is 0.567. The summed E-state index contributed by atoms with van der Waals surface area (Å²) in [5.74, 6) is -0.0794. The predicted octanol–water partition coefficient (Wildman–Crippen LogP) is -1.78. The molecule has 19 heavy (non-hydrogen) atoms. The van der Waals surface area contributed by atoms with Crippen molar-refractivity contribution in [1.82, 2.24) is 19.0 Å². The zero-order chi connectivity index (χ0) is 14.7. The molecule has 0 saturated carbocycles. The summed E-state index contributed by atoms with van der Waals surface area (Å²) in [4.78, 5) is 3.69. The summed E-state index contributed by atoms with van der Waals surface area (Å²) in [6.07, 6.45) is 2.66. The molecule has 11 heteroatoms. The van der Waals surface area contributed by atoms with E-state index in [1.807, 2.05) is 0 Å². The normalized spacial score (nSPS) is 12.7. The molecular weight excluding hydrogens is 294 g/mol. The molecule has 0 aromatic carbocycles. The van der Waals surface area contributed by atoms with Crippen molar-refractivity contribution in [2.45, 2.75) is 11.4 Å². The molecule has 0 amide bonds. The minimum Gasteiger partial charge on any atom is -0.381 e. The van der Waals surface area contributed by atoms with Crippen LogP contribution in [0.5, 0.6) is 0 Å². The van der Waals surface area contributed by atoms with Gasteiger partial charge in [0.15, 0.2) is 10.8 Å². The first kappa shape index (κ1) is 15.9. The number of nitrogens with zero attached hydrogens (tertiary/aromatic N) is 2. The van der Waals surface area contributed by atoms with Crippen LogP contribution in [-0.4, -0.2) is 45.7 Å². The molecule has 0 bridgehead atoms. The molecule has 1 aromatic heterocycles. The second-order valence-corrected chi connectivity index (χ2v) is 7.48. The second-order valence-electron chi connectivity index (χ2n) is 3.96. The Hall–Kier alpha value is -1.17. The summed E-state index contributed by atoms with van der Waals surface area (Å²) in [5, 5.41) is -0.108. The van der Waals surface area contributed by atoms with E-state index in [1.54, 1.807) is 0 Å². The summed E-state index contributed by atoms with van der Waals surface area (Å²) >= 11 is 0. The van der Waals surface area contributed by atoms with E-state index in [0.29, 0.717) is 6.42 Å². The van der Waals surface area contributed by atoms with Crippen molar-refractivity contribution in [2.24, 2.45) is 7.05 Å². The van der Waals surface area contributed by atoms with E-state index in [9.17, 15) is 16.8 Å². The van der Waals surface area contributed by atoms with Crippen LogP contribution in [0.1, 0.15) is 6.42 Å². The monoisotopic (exact) mass is 311 g/mol. The van der Waals surface area contributed by atoms with Crippen molar-refractivity contribution < 1.29 is 16.8 Å². The number of imidazole rings is 1. The molecule has 0 aliphatic rings. The van der Waals surface area contributed by atoms with Crippen molar-refractivity contribution in [3.63, 3.8) is 0 Å². The maximum atomic E-state index is 11.9. The number of aromatic nitrogens is 2. The number of nitrogens with one attached hydrogen (secondary N) is 2. The zero-order valence-electron chi connectivity index (χ0n) is 10.6. The number of aryl methyl sites for hydroxylation is 1. The van der Waals surface area contributed by atoms with E-state index in [0.717, 1.165) is 6.26 Å². The van der Waals surface area contributed by atoms with Gasteiger partial charge in [-0.3, -0.25) is 0 Å². The molecule has 9 nitrogen and oxygen atoms in total. The number of nitrogens with two attached hydrogens (primary N) is 1. The predicted molar refractivity (Wildman–Crippen MR) is 70.3 cm³/mol. The van der Waals surface area contributed by atoms with E-state index in [4.69, 9.17) is 5.73 Å². The quantitative estimate of drug-likeness (QED) is 0.509. The van der Waals surface area contributed by atoms with E-state index < -0.39 is 20.0 Å². The van der Waals surface area contributed by atoms with Gasteiger partial charge in [0.2, 0.25) is 10.0 Å². The van der Waals surface area contributed by atoms with Crippen LogP contribution < -0.4 is 15.2 Å². The average Bonchev–Trinajstić information content (AvgIpc) is 2.56. The summed E-state index contributed by atoms with van der Waals surface area (Å²) in [7, 11) is -5.49. The maximum Gasteiger partial charge on any atom is 0.260 e. The highest BCUT2D eigenvalue weighted by molar-refractivity contribution is 7.89. The van der Waals surface area contributed by atoms with Crippen molar-refractivity contribution in [3.05, 3.63) is 6.33 Å². The van der Waals surface area contributed by atoms with E-state index in [2.05, 4.69) is 14.4 Å². The minimum absolute atomic E-state index is 0.0794. The highest BCUT2D eigenvalue weighted by Gasteiger charge is 2.21. The van der Waals surface area contributed by atoms with Gasteiger partial charge in [-0.05, 0) is 6.42 Å². The molecular formula is C8H17N5O4S2. The van der Waals surface area contributed by atoms with Gasteiger partial charge in [0.05, 0.1) is 12.6 Å². The second kappa shape index (κ2) is 5.86. The van der Waals surface area contributed by atoms with Gasteiger partial charge in [-0.1, -0.05) is 0 Å². The molecule has 110 valence electrons. The van der Waals surface area contributed by atoms with Crippen molar-refractivity contribution in [2.75, 3.05) is 25.1 Å². The molecule has 0 unspecified atom stereocenters. The summed E-state index contributed by atoms with van der Waals surface area (Å²) < 4.78 is 51.3. The molecule has 1 rings (SSSR count). The van der Waals surface area contributed by atoms with Crippen molar-refractivity contribution in [1.29, 1.82) is 0 Å². The summed E-state index contributed by atoms with van der Waals surface area (Å²) in [6.45, 7) is 0.248. The zero-order valence-corrected chi connectivity index (χ0v) is 12.3. The van der Waals surface area contributed by atoms with Crippen LogP contribution in [0.25, 0.3) is 0 Å². The van der Waals surface area contributed by atoms with Crippen LogP contribution >= 0.6 is 0 Å². The Morgan fingerprint density at radius 1 is 1.26 bits per heavy atom. The van der Waals surface area contributed by atoms with Crippen LogP contribution in [-0.2, 0) is 27.1 Å². The first-order valence-corrected chi connectivity index (χ1v) is 8.72. The van der Waals surface area contributed by atoms with Crippen LogP contribution in [0.2, 0.25) is 0 Å². The Morgan fingerprint density at radius 2 is 1.84 bits per heavy atom. The number of sulfonamides is 2. The third kappa shape index (κ3) is 4.78. The third-order valence-electron chi connectivity index (χ3n) is 2.17. The van der Waals surface area contributed by atoms with Gasteiger partial charge in [0.25, 0.3) is 10.0 Å². The van der Waals surface area contributed by atoms with Gasteiger partial charge >= 0.3 is 0 Å². The van der Waals surface area contributed by atoms with Gasteiger partial charge in [0, 0.05) is 20.1 Å². The third-order valence-corrected chi connectivity index (χ3v) is 4.49. The fourth-order valence-corrected chi connectivity index (χ4v) is 3.20. The van der Waals surface area contributed by atoms with Gasteiger partial charge < -0.3 is 10.3 Å². The Morgan fingerprint density at radius 3 is 2.32 bits per heavy atom. The minimum atomic E-state index is -3.75. The van der Waals surface area contributed by atoms with Gasteiger partial charge in [0.1, 0.15) is 0 Å². The Bertz CT molecular complexity index is 615. The average molecular weight is 311 g/mol. The largest absolute Gasteiger partial charge is 0.381 e. The van der Waals surface area contributed by atoms with Crippen LogP contribution in [0.15, 0.2) is 11.4 Å². The van der Waals surface area contributed by atoms with E-state index >= 15 is 0 Å². The van der Waals surface area contributed by atoms with Crippen LogP contribution in [0, 0.1) is 0 Å². The van der Waals surface area contributed by atoms with Crippen LogP contribution in [0.3, 0.4) is 0 Å². The molecule has 4 N–H and O–H groups in total. The molecule has 0 spiro atoms. The fraction of sp³-hybridized carbons (Fsp3) is 0.625.